The quantitative estimate of drug-likeness (QED) is 0.434. The molecule has 0 saturated carbocycles. The number of rotatable bonds is 7. The lowest BCUT2D eigenvalue weighted by atomic mass is 10.1. The summed E-state index contributed by atoms with van der Waals surface area (Å²) in [5, 5.41) is 14.4. The number of sulfonamides is 1. The van der Waals surface area contributed by atoms with Crippen molar-refractivity contribution in [2.45, 2.75) is 25.7 Å². The maximum absolute atomic E-state index is 12.0. The summed E-state index contributed by atoms with van der Waals surface area (Å²) in [7, 11) is -3.93. The zero-order valence-electron chi connectivity index (χ0n) is 12.9. The molecule has 9 nitrogen and oxygen atoms in total. The zero-order valence-corrected chi connectivity index (χ0v) is 13.8. The van der Waals surface area contributed by atoms with E-state index in [9.17, 15) is 23.3 Å². The Hall–Kier alpha value is -2.33. The van der Waals surface area contributed by atoms with Gasteiger partial charge < -0.3 is 0 Å². The number of carbonyl (C=O) groups is 1. The van der Waals surface area contributed by atoms with Crippen LogP contribution in [0.15, 0.2) is 34.3 Å². The highest BCUT2D eigenvalue weighted by Crippen LogP contribution is 2.15. The first kappa shape index (κ1) is 18.7. The Morgan fingerprint density at radius 2 is 1.87 bits per heavy atom. The van der Waals surface area contributed by atoms with Crippen molar-refractivity contribution in [2.75, 3.05) is 6.54 Å². The SMILES string of the molecule is CC(=NNC(=O)CNS(=O)(=O)c1ccc([N+](=O)[O-])cc1)C(C)C. The van der Waals surface area contributed by atoms with Gasteiger partial charge in [0.2, 0.25) is 10.0 Å². The largest absolute Gasteiger partial charge is 0.272 e. The third kappa shape index (κ3) is 5.75. The second-order valence-electron chi connectivity index (χ2n) is 5.02. The van der Waals surface area contributed by atoms with Gasteiger partial charge >= 0.3 is 0 Å². The summed E-state index contributed by atoms with van der Waals surface area (Å²) in [4.78, 5) is 21.3. The predicted octanol–water partition coefficient (Wildman–Crippen LogP) is 1.02. The first-order chi connectivity index (χ1) is 10.6. The number of nitrogens with zero attached hydrogens (tertiary/aromatic N) is 2. The maximum Gasteiger partial charge on any atom is 0.269 e. The van der Waals surface area contributed by atoms with Crippen LogP contribution in [-0.4, -0.2) is 31.5 Å². The van der Waals surface area contributed by atoms with Gasteiger partial charge in [-0.1, -0.05) is 13.8 Å². The molecule has 0 aliphatic carbocycles. The number of benzene rings is 1. The van der Waals surface area contributed by atoms with E-state index >= 15 is 0 Å². The number of hydrazone groups is 1. The van der Waals surface area contributed by atoms with Gasteiger partial charge in [0.15, 0.2) is 0 Å². The fourth-order valence-corrected chi connectivity index (χ4v) is 2.29. The smallest absolute Gasteiger partial charge is 0.269 e. The Bertz CT molecular complexity index is 710. The molecule has 0 radical (unpaired) electrons. The van der Waals surface area contributed by atoms with E-state index in [1.807, 2.05) is 13.8 Å². The van der Waals surface area contributed by atoms with Gasteiger partial charge in [-0.3, -0.25) is 14.9 Å². The van der Waals surface area contributed by atoms with Crippen LogP contribution >= 0.6 is 0 Å². The van der Waals surface area contributed by atoms with Gasteiger partial charge in [0.05, 0.1) is 16.4 Å². The van der Waals surface area contributed by atoms with Gasteiger partial charge in [-0.2, -0.15) is 5.10 Å². The number of nitro groups is 1. The molecule has 2 N–H and O–H groups in total. The number of amides is 1. The minimum atomic E-state index is -3.93. The highest BCUT2D eigenvalue weighted by atomic mass is 32.2. The maximum atomic E-state index is 12.0. The van der Waals surface area contributed by atoms with Crippen molar-refractivity contribution in [3.8, 4) is 0 Å². The molecule has 126 valence electrons. The van der Waals surface area contributed by atoms with Crippen LogP contribution in [0.5, 0.6) is 0 Å². The fraction of sp³-hybridized carbons (Fsp3) is 0.385. The summed E-state index contributed by atoms with van der Waals surface area (Å²) in [6.45, 7) is 5.06. The molecule has 0 unspecified atom stereocenters. The number of carbonyl (C=O) groups excluding carboxylic acids is 1. The van der Waals surface area contributed by atoms with E-state index in [1.54, 1.807) is 6.92 Å². The van der Waals surface area contributed by atoms with E-state index < -0.39 is 27.4 Å². The third-order valence-electron chi connectivity index (χ3n) is 2.97. The van der Waals surface area contributed by atoms with Crippen molar-refractivity contribution in [2.24, 2.45) is 11.0 Å². The number of non-ortho nitro benzene ring substituents is 1. The van der Waals surface area contributed by atoms with Crippen LogP contribution in [0.1, 0.15) is 20.8 Å². The molecule has 0 saturated heterocycles. The van der Waals surface area contributed by atoms with E-state index in [2.05, 4.69) is 15.2 Å². The summed E-state index contributed by atoms with van der Waals surface area (Å²) in [6, 6.07) is 4.34. The molecule has 0 spiro atoms. The monoisotopic (exact) mass is 342 g/mol. The Labute approximate surface area is 134 Å². The first-order valence-electron chi connectivity index (χ1n) is 6.70. The van der Waals surface area contributed by atoms with Crippen LogP contribution in [0.25, 0.3) is 0 Å². The van der Waals surface area contributed by atoms with Crippen molar-refractivity contribution >= 4 is 27.3 Å². The number of nitrogens with one attached hydrogen (secondary N) is 2. The molecule has 0 aromatic heterocycles. The molecule has 0 bridgehead atoms. The molecule has 1 rings (SSSR count). The number of nitro benzene ring substituents is 1. The lowest BCUT2D eigenvalue weighted by molar-refractivity contribution is -0.384. The second kappa shape index (κ2) is 7.79. The van der Waals surface area contributed by atoms with Crippen molar-refractivity contribution in [1.82, 2.24) is 10.1 Å². The zero-order chi connectivity index (χ0) is 17.6. The van der Waals surface area contributed by atoms with Gasteiger partial charge in [0.1, 0.15) is 0 Å². The van der Waals surface area contributed by atoms with Gasteiger partial charge in [-0.05, 0) is 25.0 Å². The molecule has 0 aliphatic rings. The minimum absolute atomic E-state index is 0.159. The van der Waals surface area contributed by atoms with Gasteiger partial charge in [0, 0.05) is 17.8 Å². The normalized spacial score (nSPS) is 12.3. The summed E-state index contributed by atoms with van der Waals surface area (Å²) >= 11 is 0. The molecule has 1 aromatic carbocycles. The average Bonchev–Trinajstić information content (AvgIpc) is 2.50. The highest BCUT2D eigenvalue weighted by molar-refractivity contribution is 7.89. The summed E-state index contributed by atoms with van der Waals surface area (Å²) < 4.78 is 26.0. The molecule has 0 fully saturated rings. The molecular weight excluding hydrogens is 324 g/mol. The van der Waals surface area contributed by atoms with Crippen molar-refractivity contribution in [3.63, 3.8) is 0 Å². The van der Waals surface area contributed by atoms with Crippen molar-refractivity contribution in [3.05, 3.63) is 34.4 Å². The third-order valence-corrected chi connectivity index (χ3v) is 4.39. The highest BCUT2D eigenvalue weighted by Gasteiger charge is 2.17. The fourth-order valence-electron chi connectivity index (χ4n) is 1.31. The summed E-state index contributed by atoms with van der Waals surface area (Å²) in [5.74, 6) is -0.456. The van der Waals surface area contributed by atoms with Crippen molar-refractivity contribution < 1.29 is 18.1 Å². The molecule has 10 heteroatoms. The lowest BCUT2D eigenvalue weighted by Gasteiger charge is -2.07. The topological polar surface area (TPSA) is 131 Å². The van der Waals surface area contributed by atoms with E-state index in [0.717, 1.165) is 24.3 Å². The van der Waals surface area contributed by atoms with Crippen LogP contribution < -0.4 is 10.1 Å². The van der Waals surface area contributed by atoms with Crippen LogP contribution in [0.4, 0.5) is 5.69 Å². The Morgan fingerprint density at radius 1 is 1.30 bits per heavy atom. The van der Waals surface area contributed by atoms with Gasteiger partial charge in [-0.15, -0.1) is 0 Å². The van der Waals surface area contributed by atoms with Crippen LogP contribution in [-0.2, 0) is 14.8 Å². The first-order valence-corrected chi connectivity index (χ1v) is 8.19. The Morgan fingerprint density at radius 3 is 2.35 bits per heavy atom. The van der Waals surface area contributed by atoms with Crippen molar-refractivity contribution in [1.29, 1.82) is 0 Å². The van der Waals surface area contributed by atoms with E-state index in [-0.39, 0.29) is 16.5 Å². The lowest BCUT2D eigenvalue weighted by Crippen LogP contribution is -2.35. The van der Waals surface area contributed by atoms with E-state index in [1.165, 1.54) is 0 Å². The van der Waals surface area contributed by atoms with Gasteiger partial charge in [-0.25, -0.2) is 18.6 Å². The number of hydrogen-bond acceptors (Lipinski definition) is 6. The van der Waals surface area contributed by atoms with Crippen LogP contribution in [0, 0.1) is 16.0 Å². The average molecular weight is 342 g/mol. The predicted molar refractivity (Wildman–Crippen MR) is 84.4 cm³/mol. The molecule has 0 atom stereocenters. The molecule has 0 aliphatic heterocycles. The standard InChI is InChI=1S/C13H18N4O5S/c1-9(2)10(3)15-16-13(18)8-14-23(21,22)12-6-4-11(5-7-12)17(19)20/h4-7,9,14H,8H2,1-3H3,(H,16,18). The van der Waals surface area contributed by atoms with Crippen LogP contribution in [0.3, 0.4) is 0 Å². The summed E-state index contributed by atoms with van der Waals surface area (Å²) in [5.41, 5.74) is 2.73. The van der Waals surface area contributed by atoms with E-state index in [0.29, 0.717) is 5.71 Å². The molecule has 23 heavy (non-hydrogen) atoms. The Balaban J connectivity index is 2.67. The second-order valence-corrected chi connectivity index (χ2v) is 6.79. The van der Waals surface area contributed by atoms with E-state index in [4.69, 9.17) is 0 Å². The molecule has 1 aromatic rings. The Kier molecular flexibility index (Phi) is 6.34. The van der Waals surface area contributed by atoms with Gasteiger partial charge in [0.25, 0.3) is 11.6 Å². The molecule has 0 heterocycles. The van der Waals surface area contributed by atoms with Crippen LogP contribution in [0.2, 0.25) is 0 Å². The number of hydrogen-bond donors (Lipinski definition) is 2. The minimum Gasteiger partial charge on any atom is -0.272 e. The molecule has 1 amide bonds. The molecular formula is C13H18N4O5S. The summed E-state index contributed by atoms with van der Waals surface area (Å²) in [6.07, 6.45) is 0.